The SMILES string of the molecule is COc1ccc([C@@H](C(=O)NCc2ccccc2)N(C(=O)c2snc(C(N)=O)c2N)c2ccccc2F)cc1OC. The van der Waals surface area contributed by atoms with Crippen molar-refractivity contribution < 1.29 is 28.2 Å². The molecular formula is C28H26FN5O5S. The van der Waals surface area contributed by atoms with Gasteiger partial charge in [-0.15, -0.1) is 0 Å². The van der Waals surface area contributed by atoms with E-state index >= 15 is 4.39 Å². The second-order valence-electron chi connectivity index (χ2n) is 8.49. The predicted molar refractivity (Wildman–Crippen MR) is 149 cm³/mol. The third kappa shape index (κ3) is 5.71. The molecule has 0 aliphatic heterocycles. The number of benzene rings is 3. The summed E-state index contributed by atoms with van der Waals surface area (Å²) in [5.41, 5.74) is 11.7. The number of carbonyl (C=O) groups is 3. The highest BCUT2D eigenvalue weighted by atomic mass is 32.1. The number of amides is 3. The van der Waals surface area contributed by atoms with Crippen LogP contribution in [0.25, 0.3) is 0 Å². The first-order valence-corrected chi connectivity index (χ1v) is 12.7. The standard InChI is InChI=1S/C28H26FN5O5S/c1-38-20-13-12-17(14-21(20)39-2)24(27(36)32-15-16-8-4-3-5-9-16)34(19-11-7-6-10-18(19)29)28(37)25-22(30)23(26(31)35)33-40-25/h3-14,24H,15,30H2,1-2H3,(H2,31,35)(H,32,36)/t24-/m0/s1. The first-order chi connectivity index (χ1) is 19.3. The van der Waals surface area contributed by atoms with E-state index in [0.29, 0.717) is 17.3 Å². The molecule has 1 heterocycles. The van der Waals surface area contributed by atoms with Crippen molar-refractivity contribution in [1.82, 2.24) is 9.69 Å². The monoisotopic (exact) mass is 563 g/mol. The van der Waals surface area contributed by atoms with Gasteiger partial charge >= 0.3 is 0 Å². The van der Waals surface area contributed by atoms with Gasteiger partial charge in [-0.2, -0.15) is 4.37 Å². The minimum atomic E-state index is -1.41. The molecule has 12 heteroatoms. The lowest BCUT2D eigenvalue weighted by Crippen LogP contribution is -2.44. The van der Waals surface area contributed by atoms with Gasteiger partial charge in [0.15, 0.2) is 17.2 Å². The van der Waals surface area contributed by atoms with Gasteiger partial charge in [0, 0.05) is 6.54 Å². The molecule has 3 amide bonds. The Balaban J connectivity index is 1.89. The van der Waals surface area contributed by atoms with Crippen molar-refractivity contribution in [3.63, 3.8) is 0 Å². The molecule has 0 radical (unpaired) electrons. The molecule has 40 heavy (non-hydrogen) atoms. The third-order valence-corrected chi connectivity index (χ3v) is 6.88. The summed E-state index contributed by atoms with van der Waals surface area (Å²) >= 11 is 0.624. The number of rotatable bonds is 10. The van der Waals surface area contributed by atoms with Crippen LogP contribution in [0, 0.1) is 5.82 Å². The van der Waals surface area contributed by atoms with Gasteiger partial charge in [0.25, 0.3) is 11.8 Å². The lowest BCUT2D eigenvalue weighted by Gasteiger charge is -2.31. The third-order valence-electron chi connectivity index (χ3n) is 6.03. The number of hydrogen-bond acceptors (Lipinski definition) is 8. The number of aromatic nitrogens is 1. The number of hydrogen-bond donors (Lipinski definition) is 3. The van der Waals surface area contributed by atoms with Crippen LogP contribution in [0.1, 0.15) is 37.3 Å². The highest BCUT2D eigenvalue weighted by Crippen LogP contribution is 2.37. The van der Waals surface area contributed by atoms with Gasteiger partial charge in [-0.1, -0.05) is 48.5 Å². The van der Waals surface area contributed by atoms with Crippen molar-refractivity contribution in [2.45, 2.75) is 12.6 Å². The number of primary amides is 1. The average molecular weight is 564 g/mol. The van der Waals surface area contributed by atoms with E-state index < -0.39 is 29.6 Å². The van der Waals surface area contributed by atoms with E-state index in [9.17, 15) is 14.4 Å². The van der Waals surface area contributed by atoms with Gasteiger partial charge in [-0.25, -0.2) is 4.39 Å². The summed E-state index contributed by atoms with van der Waals surface area (Å²) in [6, 6.07) is 17.9. The summed E-state index contributed by atoms with van der Waals surface area (Å²) in [5.74, 6) is -2.50. The van der Waals surface area contributed by atoms with Crippen LogP contribution in [0.3, 0.4) is 0 Å². The topological polar surface area (TPSA) is 150 Å². The Hall–Kier alpha value is -4.97. The lowest BCUT2D eigenvalue weighted by molar-refractivity contribution is -0.122. The minimum Gasteiger partial charge on any atom is -0.493 e. The van der Waals surface area contributed by atoms with Gasteiger partial charge in [-0.05, 0) is 46.9 Å². The molecular weight excluding hydrogens is 537 g/mol. The number of carbonyl (C=O) groups excluding carboxylic acids is 3. The molecule has 206 valence electrons. The zero-order valence-corrected chi connectivity index (χ0v) is 22.4. The fourth-order valence-corrected chi connectivity index (χ4v) is 4.82. The molecule has 1 atom stereocenters. The number of nitrogens with one attached hydrogen (secondary N) is 1. The lowest BCUT2D eigenvalue weighted by atomic mass is 10.0. The zero-order valence-electron chi connectivity index (χ0n) is 21.6. The van der Waals surface area contributed by atoms with Crippen molar-refractivity contribution in [2.75, 3.05) is 24.9 Å². The number of nitrogens with zero attached hydrogens (tertiary/aromatic N) is 2. The van der Waals surface area contributed by atoms with E-state index in [-0.39, 0.29) is 39.8 Å². The molecule has 4 aromatic rings. The Morgan fingerprint density at radius 2 is 1.68 bits per heavy atom. The summed E-state index contributed by atoms with van der Waals surface area (Å²) < 4.78 is 30.0. The summed E-state index contributed by atoms with van der Waals surface area (Å²) in [4.78, 5) is 40.6. The number of nitrogens with two attached hydrogens (primary N) is 2. The van der Waals surface area contributed by atoms with Gasteiger partial charge in [0.2, 0.25) is 5.91 Å². The predicted octanol–water partition coefficient (Wildman–Crippen LogP) is 3.69. The molecule has 0 bridgehead atoms. The summed E-state index contributed by atoms with van der Waals surface area (Å²) in [6.45, 7) is 0.136. The van der Waals surface area contributed by atoms with Crippen LogP contribution in [-0.4, -0.2) is 36.3 Å². The number of para-hydroxylation sites is 1. The van der Waals surface area contributed by atoms with E-state index in [1.54, 1.807) is 12.1 Å². The number of anilines is 2. The molecule has 0 aliphatic carbocycles. The van der Waals surface area contributed by atoms with Crippen molar-refractivity contribution in [3.05, 3.63) is 100 Å². The van der Waals surface area contributed by atoms with E-state index in [1.165, 1.54) is 38.5 Å². The van der Waals surface area contributed by atoms with E-state index in [1.807, 2.05) is 30.3 Å². The largest absolute Gasteiger partial charge is 0.493 e. The Labute approximate surface area is 233 Å². The maximum absolute atomic E-state index is 15.3. The molecule has 3 aromatic carbocycles. The maximum Gasteiger partial charge on any atom is 0.273 e. The van der Waals surface area contributed by atoms with Crippen LogP contribution >= 0.6 is 11.5 Å². The number of nitrogen functional groups attached to an aromatic ring is 1. The number of ether oxygens (including phenoxy) is 2. The second-order valence-corrected chi connectivity index (χ2v) is 9.26. The zero-order chi connectivity index (χ0) is 28.8. The minimum absolute atomic E-state index is 0.136. The maximum atomic E-state index is 15.3. The average Bonchev–Trinajstić information content (AvgIpc) is 3.36. The summed E-state index contributed by atoms with van der Waals surface area (Å²) in [7, 11) is 2.88. The Kier molecular flexibility index (Phi) is 8.60. The molecule has 10 nitrogen and oxygen atoms in total. The normalized spacial score (nSPS) is 11.4. The first-order valence-electron chi connectivity index (χ1n) is 11.9. The molecule has 0 spiro atoms. The van der Waals surface area contributed by atoms with Crippen molar-refractivity contribution >= 4 is 40.6 Å². The highest BCUT2D eigenvalue weighted by Gasteiger charge is 2.37. The highest BCUT2D eigenvalue weighted by molar-refractivity contribution is 7.09. The molecule has 5 N–H and O–H groups in total. The molecule has 0 saturated carbocycles. The van der Waals surface area contributed by atoms with Gasteiger partial charge in [0.05, 0.1) is 25.6 Å². The van der Waals surface area contributed by atoms with Crippen LogP contribution < -0.4 is 31.2 Å². The van der Waals surface area contributed by atoms with E-state index in [2.05, 4.69) is 9.69 Å². The summed E-state index contributed by atoms with van der Waals surface area (Å²) in [6.07, 6.45) is 0. The van der Waals surface area contributed by atoms with Gasteiger partial charge < -0.3 is 26.3 Å². The van der Waals surface area contributed by atoms with Crippen molar-refractivity contribution in [2.24, 2.45) is 5.73 Å². The fourth-order valence-electron chi connectivity index (χ4n) is 4.07. The van der Waals surface area contributed by atoms with Gasteiger partial charge in [-0.3, -0.25) is 19.3 Å². The van der Waals surface area contributed by atoms with E-state index in [4.69, 9.17) is 20.9 Å². The Morgan fingerprint density at radius 1 is 1.00 bits per heavy atom. The van der Waals surface area contributed by atoms with Crippen molar-refractivity contribution in [3.8, 4) is 11.5 Å². The van der Waals surface area contributed by atoms with Crippen LogP contribution in [-0.2, 0) is 11.3 Å². The smallest absolute Gasteiger partial charge is 0.273 e. The van der Waals surface area contributed by atoms with Crippen LogP contribution in [0.5, 0.6) is 11.5 Å². The molecule has 1 aromatic heterocycles. The van der Waals surface area contributed by atoms with E-state index in [0.717, 1.165) is 16.5 Å². The number of methoxy groups -OCH3 is 2. The molecule has 0 aliphatic rings. The van der Waals surface area contributed by atoms with Crippen LogP contribution in [0.4, 0.5) is 15.8 Å². The molecule has 0 saturated heterocycles. The quantitative estimate of drug-likeness (QED) is 0.266. The van der Waals surface area contributed by atoms with Crippen LogP contribution in [0.2, 0.25) is 0 Å². The second kappa shape index (κ2) is 12.3. The first kappa shape index (κ1) is 28.0. The Morgan fingerprint density at radius 3 is 2.30 bits per heavy atom. The van der Waals surface area contributed by atoms with Crippen LogP contribution in [0.15, 0.2) is 72.8 Å². The molecule has 4 rings (SSSR count). The summed E-state index contributed by atoms with van der Waals surface area (Å²) in [5, 5.41) is 2.83. The molecule has 0 unspecified atom stereocenters. The van der Waals surface area contributed by atoms with Gasteiger partial charge in [0.1, 0.15) is 16.7 Å². The fraction of sp³-hybridized carbons (Fsp3) is 0.143. The Bertz CT molecular complexity index is 1550. The number of halogens is 1. The van der Waals surface area contributed by atoms with Crippen molar-refractivity contribution in [1.29, 1.82) is 0 Å². The molecule has 0 fully saturated rings.